The molecule has 10 nitrogen and oxygen atoms in total. The van der Waals surface area contributed by atoms with Gasteiger partial charge in [0.1, 0.15) is 5.69 Å². The number of nitrogens with one attached hydrogen (secondary N) is 2. The van der Waals surface area contributed by atoms with Gasteiger partial charge in [0, 0.05) is 51.3 Å². The molecule has 1 amide bonds. The molecule has 0 unspecified atom stereocenters. The lowest BCUT2D eigenvalue weighted by Gasteiger charge is -2.35. The third-order valence-electron chi connectivity index (χ3n) is 3.86. The van der Waals surface area contributed by atoms with E-state index in [1.54, 1.807) is 24.5 Å². The lowest BCUT2D eigenvalue weighted by molar-refractivity contribution is 0.0950. The number of amides is 1. The van der Waals surface area contributed by atoms with Crippen molar-refractivity contribution in [3.05, 3.63) is 36.4 Å². The average Bonchev–Trinajstić information content (AvgIpc) is 3.21. The van der Waals surface area contributed by atoms with Gasteiger partial charge in [-0.15, -0.1) is 24.0 Å². The molecule has 1 fully saturated rings. The minimum atomic E-state index is -0.206. The van der Waals surface area contributed by atoms with E-state index in [9.17, 15) is 4.79 Å². The van der Waals surface area contributed by atoms with E-state index >= 15 is 0 Å². The van der Waals surface area contributed by atoms with Gasteiger partial charge < -0.3 is 20.9 Å². The highest BCUT2D eigenvalue weighted by Crippen LogP contribution is 2.09. The van der Waals surface area contributed by atoms with Crippen molar-refractivity contribution < 1.29 is 4.79 Å². The number of hydrogen-bond acceptors (Lipinski definition) is 6. The summed E-state index contributed by atoms with van der Waals surface area (Å²) in [5.41, 5.74) is 6.47. The molecule has 1 aliphatic heterocycles. The molecule has 0 atom stereocenters. The van der Waals surface area contributed by atoms with Crippen molar-refractivity contribution in [1.82, 2.24) is 30.4 Å². The van der Waals surface area contributed by atoms with E-state index in [0.717, 1.165) is 32.1 Å². The fraction of sp³-hybridized carbons (Fsp3) is 0.400. The van der Waals surface area contributed by atoms with Gasteiger partial charge in [-0.2, -0.15) is 5.10 Å². The summed E-state index contributed by atoms with van der Waals surface area (Å²) in [7, 11) is 0. The Balaban J connectivity index is 0.00000243. The van der Waals surface area contributed by atoms with Crippen LogP contribution in [0.3, 0.4) is 0 Å². The molecule has 140 valence electrons. The van der Waals surface area contributed by atoms with E-state index in [1.807, 2.05) is 4.90 Å². The van der Waals surface area contributed by atoms with Crippen LogP contribution in [0.25, 0.3) is 0 Å². The molecule has 11 heteroatoms. The molecule has 0 saturated carbocycles. The van der Waals surface area contributed by atoms with Crippen LogP contribution in [0.15, 0.2) is 35.7 Å². The summed E-state index contributed by atoms with van der Waals surface area (Å²) in [6, 6.07) is 3.42. The summed E-state index contributed by atoms with van der Waals surface area (Å²) in [5.74, 6) is 1.02. The zero-order valence-corrected chi connectivity index (χ0v) is 16.5. The number of nitrogens with two attached hydrogens (primary N) is 1. The number of guanidine groups is 1. The predicted molar refractivity (Wildman–Crippen MR) is 109 cm³/mol. The van der Waals surface area contributed by atoms with Crippen LogP contribution in [0.1, 0.15) is 10.5 Å². The summed E-state index contributed by atoms with van der Waals surface area (Å²) in [6.45, 7) is 3.93. The first kappa shape index (κ1) is 19.9. The normalized spacial score (nSPS) is 14.7. The standard InChI is InChI=1S/C15H21N9O.HI/c16-14(18-7-6-17-13(25)12-2-5-21-22-12)23-8-10-24(11-9-23)15-19-3-1-4-20-15;/h1-5H,6-11H2,(H2,16,18)(H,17,25)(H,21,22);1H. The van der Waals surface area contributed by atoms with Crippen LogP contribution >= 0.6 is 24.0 Å². The SMILES string of the molecule is I.NC(=NCCNC(=O)c1ccn[nH]1)N1CCN(c2ncccn2)CC1. The third kappa shape index (κ3) is 5.28. The predicted octanol–water partition coefficient (Wildman–Crippen LogP) is -0.316. The van der Waals surface area contributed by atoms with Crippen molar-refractivity contribution in [2.24, 2.45) is 10.7 Å². The number of H-pyrrole nitrogens is 1. The van der Waals surface area contributed by atoms with Crippen LogP contribution in [-0.2, 0) is 0 Å². The molecule has 1 aliphatic rings. The number of halogens is 1. The van der Waals surface area contributed by atoms with Gasteiger partial charge in [0.25, 0.3) is 5.91 Å². The topological polar surface area (TPSA) is 128 Å². The second-order valence-electron chi connectivity index (χ2n) is 5.49. The minimum absolute atomic E-state index is 0. The van der Waals surface area contributed by atoms with Crippen LogP contribution in [-0.4, -0.2) is 76.2 Å². The molecule has 3 heterocycles. The zero-order chi connectivity index (χ0) is 17.5. The van der Waals surface area contributed by atoms with E-state index < -0.39 is 0 Å². The van der Waals surface area contributed by atoms with Gasteiger partial charge in [0.05, 0.1) is 6.54 Å². The molecule has 0 radical (unpaired) electrons. The van der Waals surface area contributed by atoms with E-state index in [4.69, 9.17) is 5.73 Å². The summed E-state index contributed by atoms with van der Waals surface area (Å²) in [6.07, 6.45) is 5.01. The van der Waals surface area contributed by atoms with E-state index in [-0.39, 0.29) is 29.9 Å². The maximum Gasteiger partial charge on any atom is 0.269 e. The Morgan fingerprint density at radius 1 is 1.23 bits per heavy atom. The van der Waals surface area contributed by atoms with Gasteiger partial charge in [-0.25, -0.2) is 9.97 Å². The summed E-state index contributed by atoms with van der Waals surface area (Å²) in [4.78, 5) is 28.7. The molecule has 0 bridgehead atoms. The first-order chi connectivity index (χ1) is 12.2. The number of carbonyl (C=O) groups excluding carboxylic acids is 1. The lowest BCUT2D eigenvalue weighted by Crippen LogP contribution is -2.51. The van der Waals surface area contributed by atoms with Crippen molar-refractivity contribution in [2.75, 3.05) is 44.2 Å². The molecule has 0 aromatic carbocycles. The molecule has 0 spiro atoms. The van der Waals surface area contributed by atoms with Crippen LogP contribution < -0.4 is 16.0 Å². The highest BCUT2D eigenvalue weighted by atomic mass is 127. The number of nitrogens with zero attached hydrogens (tertiary/aromatic N) is 6. The minimum Gasteiger partial charge on any atom is -0.370 e. The lowest BCUT2D eigenvalue weighted by atomic mass is 10.3. The Labute approximate surface area is 168 Å². The summed E-state index contributed by atoms with van der Waals surface area (Å²) >= 11 is 0. The number of aromatic amines is 1. The second-order valence-corrected chi connectivity index (χ2v) is 5.49. The van der Waals surface area contributed by atoms with Gasteiger partial charge in [-0.05, 0) is 12.1 Å². The molecular formula is C15H22IN9O. The molecule has 1 saturated heterocycles. The quantitative estimate of drug-likeness (QED) is 0.236. The molecule has 4 N–H and O–H groups in total. The Hall–Kier alpha value is -2.44. The number of carbonyl (C=O) groups is 1. The van der Waals surface area contributed by atoms with Crippen LogP contribution in [0.4, 0.5) is 5.95 Å². The van der Waals surface area contributed by atoms with Crippen LogP contribution in [0.5, 0.6) is 0 Å². The van der Waals surface area contributed by atoms with Crippen molar-refractivity contribution >= 4 is 41.8 Å². The largest absolute Gasteiger partial charge is 0.370 e. The van der Waals surface area contributed by atoms with Crippen molar-refractivity contribution in [3.8, 4) is 0 Å². The van der Waals surface area contributed by atoms with Gasteiger partial charge >= 0.3 is 0 Å². The fourth-order valence-corrected chi connectivity index (χ4v) is 2.51. The molecule has 2 aromatic rings. The average molecular weight is 471 g/mol. The smallest absolute Gasteiger partial charge is 0.269 e. The highest BCUT2D eigenvalue weighted by Gasteiger charge is 2.19. The van der Waals surface area contributed by atoms with Crippen LogP contribution in [0.2, 0.25) is 0 Å². The van der Waals surface area contributed by atoms with Gasteiger partial charge in [0.2, 0.25) is 5.95 Å². The molecule has 26 heavy (non-hydrogen) atoms. The van der Waals surface area contributed by atoms with Crippen molar-refractivity contribution in [2.45, 2.75) is 0 Å². The van der Waals surface area contributed by atoms with E-state index in [0.29, 0.717) is 24.7 Å². The number of aliphatic imine (C=N–C) groups is 1. The van der Waals surface area contributed by atoms with Crippen molar-refractivity contribution in [1.29, 1.82) is 0 Å². The zero-order valence-electron chi connectivity index (χ0n) is 14.2. The Morgan fingerprint density at radius 2 is 1.96 bits per heavy atom. The highest BCUT2D eigenvalue weighted by molar-refractivity contribution is 14.0. The Morgan fingerprint density at radius 3 is 2.62 bits per heavy atom. The molecule has 0 aliphatic carbocycles. The second kappa shape index (κ2) is 9.89. The maximum absolute atomic E-state index is 11.7. The van der Waals surface area contributed by atoms with Crippen LogP contribution in [0, 0.1) is 0 Å². The van der Waals surface area contributed by atoms with Gasteiger partial charge in [0.15, 0.2) is 5.96 Å². The van der Waals surface area contributed by atoms with Crippen molar-refractivity contribution in [3.63, 3.8) is 0 Å². The molecule has 3 rings (SSSR count). The Kier molecular flexibility index (Phi) is 7.56. The molecule has 2 aromatic heterocycles. The van der Waals surface area contributed by atoms with E-state index in [2.05, 4.69) is 35.4 Å². The van der Waals surface area contributed by atoms with Gasteiger partial charge in [-0.1, -0.05) is 0 Å². The number of anilines is 1. The number of rotatable bonds is 5. The first-order valence-electron chi connectivity index (χ1n) is 8.08. The fourth-order valence-electron chi connectivity index (χ4n) is 2.51. The number of aromatic nitrogens is 4. The summed E-state index contributed by atoms with van der Waals surface area (Å²) in [5, 5.41) is 9.10. The third-order valence-corrected chi connectivity index (χ3v) is 3.86. The first-order valence-corrected chi connectivity index (χ1v) is 8.08. The molecular weight excluding hydrogens is 449 g/mol. The monoisotopic (exact) mass is 471 g/mol. The summed E-state index contributed by atoms with van der Waals surface area (Å²) < 4.78 is 0. The maximum atomic E-state index is 11.7. The number of piperazine rings is 1. The number of hydrogen-bond donors (Lipinski definition) is 3. The van der Waals surface area contributed by atoms with Gasteiger partial charge in [-0.3, -0.25) is 14.9 Å². The Bertz CT molecular complexity index is 699. The van der Waals surface area contributed by atoms with E-state index in [1.165, 1.54) is 6.20 Å².